The summed E-state index contributed by atoms with van der Waals surface area (Å²) in [5, 5.41) is 8.25. The second-order valence-corrected chi connectivity index (χ2v) is 1.80. The number of rotatable bonds is 1. The molecular formula is C4H7O4S-. The third kappa shape index (κ3) is 119. The van der Waals surface area contributed by atoms with Crippen molar-refractivity contribution in [2.24, 2.45) is 0 Å². The predicted octanol–water partition coefficient (Wildman–Crippen LogP) is 0.0999. The van der Waals surface area contributed by atoms with Gasteiger partial charge in [-0.3, -0.25) is 9.00 Å². The molecule has 1 atom stereocenters. The number of aliphatic carboxylic acids is 1. The van der Waals surface area contributed by atoms with Crippen LogP contribution in [0.4, 0.5) is 0 Å². The van der Waals surface area contributed by atoms with E-state index in [-0.39, 0.29) is 0 Å². The molecule has 0 aliphatic heterocycles. The largest absolute Gasteiger partial charge is 0.769 e. The molecule has 0 spiro atoms. The van der Waals surface area contributed by atoms with Gasteiger partial charge in [0.1, 0.15) is 0 Å². The van der Waals surface area contributed by atoms with Crippen LogP contribution in [0.3, 0.4) is 0 Å². The molecule has 5 heteroatoms. The van der Waals surface area contributed by atoms with Crippen LogP contribution in [0.15, 0.2) is 12.0 Å². The minimum Gasteiger partial charge on any atom is -0.769 e. The number of hydrogen-bond donors (Lipinski definition) is 1. The van der Waals surface area contributed by atoms with E-state index in [0.29, 0.717) is 0 Å². The maximum atomic E-state index is 9.25. The molecule has 0 fully saturated rings. The Morgan fingerprint density at radius 2 is 2.00 bits per heavy atom. The second-order valence-electron chi connectivity index (χ2n) is 0.946. The highest BCUT2D eigenvalue weighted by molar-refractivity contribution is 7.82. The molecule has 1 N–H and O–H groups in total. The van der Waals surface area contributed by atoms with Gasteiger partial charge in [-0.1, -0.05) is 6.58 Å². The van der Waals surface area contributed by atoms with Crippen molar-refractivity contribution in [1.82, 2.24) is 0 Å². The molecule has 0 bridgehead atoms. The third-order valence-corrected chi connectivity index (χ3v) is 0.408. The minimum atomic E-state index is -2.06. The number of hydrogen-bond acceptors (Lipinski definition) is 3. The van der Waals surface area contributed by atoms with Crippen molar-refractivity contribution < 1.29 is 18.7 Å². The van der Waals surface area contributed by atoms with Crippen LogP contribution in [-0.4, -0.2) is 19.8 Å². The minimum absolute atomic E-state index is 0.833. The van der Waals surface area contributed by atoms with Crippen LogP contribution in [0.2, 0.25) is 0 Å². The van der Waals surface area contributed by atoms with Gasteiger partial charge in [0.2, 0.25) is 0 Å². The van der Waals surface area contributed by atoms with E-state index in [9.17, 15) is 8.76 Å². The van der Waals surface area contributed by atoms with Crippen molar-refractivity contribution in [3.8, 4) is 0 Å². The zero-order chi connectivity index (χ0) is 7.86. The van der Waals surface area contributed by atoms with Crippen LogP contribution in [0, 0.1) is 0 Å². The van der Waals surface area contributed by atoms with Crippen molar-refractivity contribution >= 4 is 17.0 Å². The summed E-state index contributed by atoms with van der Waals surface area (Å²) >= 11 is -2.06. The van der Waals surface area contributed by atoms with Crippen LogP contribution < -0.4 is 0 Å². The Morgan fingerprint density at radius 3 is 2.00 bits per heavy atom. The molecule has 0 aliphatic carbocycles. The number of carboxylic acid groups (broad SMARTS) is 1. The topological polar surface area (TPSA) is 77.4 Å². The SMILES string of the molecule is C=CS(=O)[O-].CC(=O)O. The van der Waals surface area contributed by atoms with Gasteiger partial charge in [0.25, 0.3) is 5.97 Å². The van der Waals surface area contributed by atoms with Gasteiger partial charge in [-0.25, -0.2) is 0 Å². The molecule has 0 saturated heterocycles. The van der Waals surface area contributed by atoms with Gasteiger partial charge in [-0.05, 0) is 16.5 Å². The zero-order valence-corrected chi connectivity index (χ0v) is 5.68. The Labute approximate surface area is 55.5 Å². The summed E-state index contributed by atoms with van der Waals surface area (Å²) in [6.45, 7) is 4.03. The van der Waals surface area contributed by atoms with Gasteiger partial charge in [0.15, 0.2) is 0 Å². The van der Waals surface area contributed by atoms with Crippen molar-refractivity contribution in [2.45, 2.75) is 6.92 Å². The van der Waals surface area contributed by atoms with Crippen molar-refractivity contribution in [3.05, 3.63) is 12.0 Å². The molecule has 0 aliphatic rings. The molecule has 0 radical (unpaired) electrons. The Bertz CT molecular complexity index is 116. The lowest BCUT2D eigenvalue weighted by molar-refractivity contribution is -0.134. The average molecular weight is 151 g/mol. The summed E-state index contributed by atoms with van der Waals surface area (Å²) in [7, 11) is 0. The fraction of sp³-hybridized carbons (Fsp3) is 0.250. The van der Waals surface area contributed by atoms with Gasteiger partial charge >= 0.3 is 0 Å². The Hall–Kier alpha value is -0.680. The van der Waals surface area contributed by atoms with Crippen LogP contribution >= 0.6 is 0 Å². The van der Waals surface area contributed by atoms with Crippen LogP contribution in [0.1, 0.15) is 6.92 Å². The summed E-state index contributed by atoms with van der Waals surface area (Å²) in [6, 6.07) is 0. The maximum Gasteiger partial charge on any atom is 0.300 e. The lowest BCUT2D eigenvalue weighted by atomic mass is 10.9. The molecule has 4 nitrogen and oxygen atoms in total. The first-order valence-corrected chi connectivity index (χ1v) is 3.04. The highest BCUT2D eigenvalue weighted by Crippen LogP contribution is 1.64. The molecule has 0 aromatic carbocycles. The first kappa shape index (κ1) is 11.2. The Morgan fingerprint density at radius 1 is 1.89 bits per heavy atom. The lowest BCUT2D eigenvalue weighted by Gasteiger charge is -1.88. The van der Waals surface area contributed by atoms with Gasteiger partial charge in [-0.15, -0.1) is 0 Å². The first-order valence-electron chi connectivity index (χ1n) is 1.91. The highest BCUT2D eigenvalue weighted by Gasteiger charge is 1.65. The van der Waals surface area contributed by atoms with Gasteiger partial charge in [0, 0.05) is 6.92 Å². The Kier molecular flexibility index (Phi) is 9.08. The van der Waals surface area contributed by atoms with Crippen molar-refractivity contribution in [2.75, 3.05) is 0 Å². The molecule has 54 valence electrons. The summed E-state index contributed by atoms with van der Waals surface area (Å²) in [5.74, 6) is -0.833. The van der Waals surface area contributed by atoms with E-state index in [1.807, 2.05) is 0 Å². The quantitative estimate of drug-likeness (QED) is 0.539. The van der Waals surface area contributed by atoms with E-state index >= 15 is 0 Å². The average Bonchev–Trinajstić information content (AvgIpc) is 1.65. The summed E-state index contributed by atoms with van der Waals surface area (Å²) in [6.07, 6.45) is 0. The maximum absolute atomic E-state index is 9.25. The fourth-order valence-corrected chi connectivity index (χ4v) is 0. The number of carboxylic acids is 1. The molecule has 1 unspecified atom stereocenters. The molecule has 0 aromatic rings. The number of carbonyl (C=O) groups is 1. The highest BCUT2D eigenvalue weighted by atomic mass is 32.2. The van der Waals surface area contributed by atoms with Crippen LogP contribution in [0.25, 0.3) is 0 Å². The van der Waals surface area contributed by atoms with E-state index in [1.54, 1.807) is 0 Å². The zero-order valence-electron chi connectivity index (χ0n) is 4.86. The molecule has 0 heterocycles. The van der Waals surface area contributed by atoms with Gasteiger partial charge in [0.05, 0.1) is 0 Å². The van der Waals surface area contributed by atoms with E-state index < -0.39 is 17.0 Å². The van der Waals surface area contributed by atoms with E-state index in [2.05, 4.69) is 6.58 Å². The molecule has 9 heavy (non-hydrogen) atoms. The van der Waals surface area contributed by atoms with Crippen LogP contribution in [0.5, 0.6) is 0 Å². The Balaban J connectivity index is 0. The second kappa shape index (κ2) is 7.32. The normalized spacial score (nSPS) is 10.4. The third-order valence-electron chi connectivity index (χ3n) is 0.136. The fourth-order valence-electron chi connectivity index (χ4n) is 0. The molecular weight excluding hydrogens is 144 g/mol. The monoisotopic (exact) mass is 151 g/mol. The van der Waals surface area contributed by atoms with Gasteiger partial charge in [-0.2, -0.15) is 0 Å². The molecule has 0 rings (SSSR count). The lowest BCUT2D eigenvalue weighted by Crippen LogP contribution is -1.78. The van der Waals surface area contributed by atoms with Crippen molar-refractivity contribution in [3.63, 3.8) is 0 Å². The summed E-state index contributed by atoms with van der Waals surface area (Å²) < 4.78 is 18.5. The van der Waals surface area contributed by atoms with E-state index in [0.717, 1.165) is 12.3 Å². The molecule has 0 amide bonds. The molecule has 0 aromatic heterocycles. The van der Waals surface area contributed by atoms with E-state index in [1.165, 1.54) is 0 Å². The van der Waals surface area contributed by atoms with Gasteiger partial charge < -0.3 is 9.66 Å². The predicted molar refractivity (Wildman–Crippen MR) is 32.4 cm³/mol. The standard InChI is InChI=1S/C2H4O2S.C2H4O2/c1-2-5(3)4;1-2(3)4/h2H,1H2,(H,3,4);1H3,(H,3,4)/p-1. The smallest absolute Gasteiger partial charge is 0.300 e. The van der Waals surface area contributed by atoms with Crippen molar-refractivity contribution in [1.29, 1.82) is 0 Å². The van der Waals surface area contributed by atoms with E-state index in [4.69, 9.17) is 9.90 Å². The molecule has 0 saturated carbocycles. The first-order chi connectivity index (χ1) is 4.00. The summed E-state index contributed by atoms with van der Waals surface area (Å²) in [4.78, 5) is 9.00. The summed E-state index contributed by atoms with van der Waals surface area (Å²) in [5.41, 5.74) is 0. The van der Waals surface area contributed by atoms with Crippen LogP contribution in [-0.2, 0) is 15.9 Å².